The van der Waals surface area contributed by atoms with Crippen LogP contribution in [0.4, 0.5) is 5.13 Å². The molecule has 1 aromatic carbocycles. The van der Waals surface area contributed by atoms with Gasteiger partial charge in [0.25, 0.3) is 5.91 Å². The van der Waals surface area contributed by atoms with Crippen molar-refractivity contribution in [3.05, 3.63) is 40.7 Å². The second kappa shape index (κ2) is 6.91. The second-order valence-corrected chi connectivity index (χ2v) is 11.2. The van der Waals surface area contributed by atoms with Crippen molar-refractivity contribution >= 4 is 42.4 Å². The van der Waals surface area contributed by atoms with Crippen LogP contribution in [-0.2, 0) is 22.7 Å². The molecule has 0 bridgehead atoms. The molecule has 1 N–H and O–H groups in total. The van der Waals surface area contributed by atoms with E-state index in [1.165, 1.54) is 11.3 Å². The van der Waals surface area contributed by atoms with E-state index in [2.05, 4.69) is 21.5 Å². The molecule has 2 aromatic heterocycles. The first-order valence-corrected chi connectivity index (χ1v) is 12.5. The van der Waals surface area contributed by atoms with Crippen molar-refractivity contribution in [2.45, 2.75) is 45.1 Å². The number of thiazole rings is 1. The fourth-order valence-corrected chi connectivity index (χ4v) is 6.97. The fourth-order valence-electron chi connectivity index (χ4n) is 4.32. The zero-order valence-corrected chi connectivity index (χ0v) is 17.8. The molecule has 1 unspecified atom stereocenters. The molecule has 3 aromatic rings. The van der Waals surface area contributed by atoms with Crippen LogP contribution >= 0.6 is 11.3 Å². The number of hydrogen-bond acceptors (Lipinski definition) is 6. The van der Waals surface area contributed by atoms with E-state index in [0.29, 0.717) is 17.2 Å². The van der Waals surface area contributed by atoms with Crippen LogP contribution in [0.3, 0.4) is 0 Å². The van der Waals surface area contributed by atoms with Crippen molar-refractivity contribution in [2.24, 2.45) is 0 Å². The molecule has 0 radical (unpaired) electrons. The molecule has 0 spiro atoms. The normalized spacial score (nSPS) is 20.7. The monoisotopic (exact) mass is 430 g/mol. The van der Waals surface area contributed by atoms with E-state index in [4.69, 9.17) is 0 Å². The lowest BCUT2D eigenvalue weighted by Gasteiger charge is -2.17. The Labute approximate surface area is 173 Å². The number of benzene rings is 1. The third-order valence-corrected chi connectivity index (χ3v) is 8.43. The minimum Gasteiger partial charge on any atom is -0.296 e. The summed E-state index contributed by atoms with van der Waals surface area (Å²) in [5, 5.41) is 8.09. The number of hydrogen-bond donors (Lipinski definition) is 1. The minimum atomic E-state index is -3.02. The largest absolute Gasteiger partial charge is 0.296 e. The Balaban J connectivity index is 1.47. The van der Waals surface area contributed by atoms with Gasteiger partial charge in [-0.15, -0.1) is 0 Å². The molecule has 1 amide bonds. The van der Waals surface area contributed by atoms with Crippen LogP contribution in [0.2, 0.25) is 0 Å². The molecule has 1 fully saturated rings. The third kappa shape index (κ3) is 3.46. The Kier molecular flexibility index (Phi) is 4.47. The average Bonchev–Trinajstić information content (AvgIpc) is 3.35. The minimum absolute atomic E-state index is 0.111. The van der Waals surface area contributed by atoms with Gasteiger partial charge in [0, 0.05) is 11.3 Å². The zero-order chi connectivity index (χ0) is 20.2. The molecule has 1 saturated heterocycles. The Morgan fingerprint density at radius 3 is 2.90 bits per heavy atom. The summed E-state index contributed by atoms with van der Waals surface area (Å²) in [5.41, 5.74) is 4.43. The number of sulfone groups is 1. The highest BCUT2D eigenvalue weighted by molar-refractivity contribution is 7.91. The summed E-state index contributed by atoms with van der Waals surface area (Å²) < 4.78 is 26.8. The van der Waals surface area contributed by atoms with Crippen molar-refractivity contribution in [3.63, 3.8) is 0 Å². The number of amides is 1. The molecular formula is C20H22N4O3S2. The van der Waals surface area contributed by atoms with Gasteiger partial charge in [-0.25, -0.2) is 13.4 Å². The average molecular weight is 431 g/mol. The standard InChI is InChI=1S/C20H22N4O3S2/c1-12-6-7-15-17(10-12)28-20(21-15)22-19(25)18-14-4-2-3-5-16(14)24(23-18)13-8-9-29(26,27)11-13/h6-7,10,13H,2-5,8-9,11H2,1H3,(H,21,22,25). The van der Waals surface area contributed by atoms with Gasteiger partial charge in [0.2, 0.25) is 0 Å². The van der Waals surface area contributed by atoms with Crippen LogP contribution in [0.5, 0.6) is 0 Å². The molecule has 7 nitrogen and oxygen atoms in total. The predicted octanol–water partition coefficient (Wildman–Crippen LogP) is 3.29. The summed E-state index contributed by atoms with van der Waals surface area (Å²) >= 11 is 1.45. The van der Waals surface area contributed by atoms with Gasteiger partial charge in [-0.3, -0.25) is 14.8 Å². The number of nitrogens with one attached hydrogen (secondary N) is 1. The van der Waals surface area contributed by atoms with Crippen LogP contribution in [0, 0.1) is 6.92 Å². The number of aryl methyl sites for hydroxylation is 1. The highest BCUT2D eigenvalue weighted by Crippen LogP contribution is 2.32. The molecule has 2 aliphatic rings. The molecular weight excluding hydrogens is 408 g/mol. The summed E-state index contributed by atoms with van der Waals surface area (Å²) in [6, 6.07) is 5.84. The van der Waals surface area contributed by atoms with Gasteiger partial charge in [-0.05, 0) is 56.7 Å². The number of carbonyl (C=O) groups is 1. The number of rotatable bonds is 3. The Hall–Kier alpha value is -2.26. The summed E-state index contributed by atoms with van der Waals surface area (Å²) in [6.45, 7) is 2.03. The third-order valence-electron chi connectivity index (χ3n) is 5.74. The van der Waals surface area contributed by atoms with Gasteiger partial charge in [0.05, 0.1) is 27.8 Å². The Bertz CT molecular complexity index is 1230. The van der Waals surface area contributed by atoms with Gasteiger partial charge in [-0.1, -0.05) is 17.4 Å². The lowest BCUT2D eigenvalue weighted by Crippen LogP contribution is -2.17. The topological polar surface area (TPSA) is 93.9 Å². The van der Waals surface area contributed by atoms with Crippen molar-refractivity contribution in [2.75, 3.05) is 16.8 Å². The van der Waals surface area contributed by atoms with E-state index >= 15 is 0 Å². The number of aromatic nitrogens is 3. The first-order chi connectivity index (χ1) is 13.9. The first kappa shape index (κ1) is 18.7. The maximum atomic E-state index is 13.0. The highest BCUT2D eigenvalue weighted by atomic mass is 32.2. The molecule has 1 aliphatic heterocycles. The maximum Gasteiger partial charge on any atom is 0.278 e. The van der Waals surface area contributed by atoms with Crippen LogP contribution in [0.15, 0.2) is 18.2 Å². The molecule has 29 heavy (non-hydrogen) atoms. The van der Waals surface area contributed by atoms with Crippen LogP contribution in [0.1, 0.15) is 52.6 Å². The number of nitrogens with zero attached hydrogens (tertiary/aromatic N) is 3. The van der Waals surface area contributed by atoms with Gasteiger partial charge in [0.1, 0.15) is 0 Å². The van der Waals surface area contributed by atoms with E-state index in [-0.39, 0.29) is 23.5 Å². The Morgan fingerprint density at radius 2 is 2.10 bits per heavy atom. The van der Waals surface area contributed by atoms with Gasteiger partial charge < -0.3 is 0 Å². The lowest BCUT2D eigenvalue weighted by molar-refractivity contribution is 0.102. The van der Waals surface area contributed by atoms with E-state index in [1.54, 1.807) is 0 Å². The van der Waals surface area contributed by atoms with E-state index in [1.807, 2.05) is 23.7 Å². The smallest absolute Gasteiger partial charge is 0.278 e. The van der Waals surface area contributed by atoms with Gasteiger partial charge in [0.15, 0.2) is 20.7 Å². The van der Waals surface area contributed by atoms with E-state index in [0.717, 1.165) is 52.7 Å². The molecule has 0 saturated carbocycles. The van der Waals surface area contributed by atoms with Crippen molar-refractivity contribution in [1.82, 2.24) is 14.8 Å². The van der Waals surface area contributed by atoms with Crippen LogP contribution in [0.25, 0.3) is 10.2 Å². The number of anilines is 1. The second-order valence-electron chi connectivity index (χ2n) is 7.93. The molecule has 9 heteroatoms. The summed E-state index contributed by atoms with van der Waals surface area (Å²) in [7, 11) is -3.02. The quantitative estimate of drug-likeness (QED) is 0.688. The zero-order valence-electron chi connectivity index (χ0n) is 16.1. The fraction of sp³-hybridized carbons (Fsp3) is 0.450. The Morgan fingerprint density at radius 1 is 1.28 bits per heavy atom. The summed E-state index contributed by atoms with van der Waals surface area (Å²) in [6.07, 6.45) is 4.26. The van der Waals surface area contributed by atoms with Crippen molar-refractivity contribution in [1.29, 1.82) is 0 Å². The van der Waals surface area contributed by atoms with Gasteiger partial charge >= 0.3 is 0 Å². The maximum absolute atomic E-state index is 13.0. The first-order valence-electron chi connectivity index (χ1n) is 9.89. The van der Waals surface area contributed by atoms with Gasteiger partial charge in [-0.2, -0.15) is 5.10 Å². The van der Waals surface area contributed by atoms with E-state index < -0.39 is 9.84 Å². The SMILES string of the molecule is Cc1ccc2nc(NC(=O)c3nn(C4CCS(=O)(=O)C4)c4c3CCCC4)sc2c1. The number of fused-ring (bicyclic) bond motifs is 2. The van der Waals surface area contributed by atoms with Crippen molar-refractivity contribution in [3.8, 4) is 0 Å². The highest BCUT2D eigenvalue weighted by Gasteiger charge is 2.34. The molecule has 1 aliphatic carbocycles. The lowest BCUT2D eigenvalue weighted by atomic mass is 9.95. The molecule has 5 rings (SSSR count). The van der Waals surface area contributed by atoms with Crippen LogP contribution in [-0.4, -0.2) is 40.6 Å². The molecule has 3 heterocycles. The molecule has 1 atom stereocenters. The summed E-state index contributed by atoms with van der Waals surface area (Å²) in [4.78, 5) is 17.6. The molecule has 152 valence electrons. The number of carbonyl (C=O) groups excluding carboxylic acids is 1. The van der Waals surface area contributed by atoms with E-state index in [9.17, 15) is 13.2 Å². The van der Waals surface area contributed by atoms with Crippen molar-refractivity contribution < 1.29 is 13.2 Å². The summed E-state index contributed by atoms with van der Waals surface area (Å²) in [5.74, 6) is 0.0387. The van der Waals surface area contributed by atoms with Crippen LogP contribution < -0.4 is 5.32 Å². The predicted molar refractivity (Wildman–Crippen MR) is 113 cm³/mol.